The molecule has 1 rings (SSSR count). The zero-order chi connectivity index (χ0) is 8.97. The van der Waals surface area contributed by atoms with Crippen LogP contribution < -0.4 is 5.32 Å². The lowest BCUT2D eigenvalue weighted by Gasteiger charge is -2.35. The van der Waals surface area contributed by atoms with Crippen molar-refractivity contribution in [1.29, 1.82) is 0 Å². The van der Waals surface area contributed by atoms with Crippen LogP contribution in [0.1, 0.15) is 39.5 Å². The highest BCUT2D eigenvalue weighted by Crippen LogP contribution is 2.26. The molecule has 1 unspecified atom stereocenters. The highest BCUT2D eigenvalue weighted by Gasteiger charge is 2.25. The molecule has 0 aromatic carbocycles. The van der Waals surface area contributed by atoms with E-state index < -0.39 is 0 Å². The smallest absolute Gasteiger partial charge is 0.0431 e. The predicted octanol–water partition coefficient (Wildman–Crippen LogP) is 1.54. The summed E-state index contributed by atoms with van der Waals surface area (Å²) in [6.45, 7) is 4.84. The molecule has 2 N–H and O–H groups in total. The third-order valence-corrected chi connectivity index (χ3v) is 2.69. The quantitative estimate of drug-likeness (QED) is 0.657. The van der Waals surface area contributed by atoms with E-state index in [4.69, 9.17) is 5.11 Å². The zero-order valence-corrected chi connectivity index (χ0v) is 8.21. The molecule has 1 atom stereocenters. The average Bonchev–Trinajstić information content (AvgIpc) is 1.98. The summed E-state index contributed by atoms with van der Waals surface area (Å²) in [5, 5.41) is 12.2. The number of hydrogen-bond acceptors (Lipinski definition) is 2. The van der Waals surface area contributed by atoms with Crippen molar-refractivity contribution in [2.45, 2.75) is 51.6 Å². The van der Waals surface area contributed by atoms with Crippen molar-refractivity contribution >= 4 is 0 Å². The van der Waals surface area contributed by atoms with Gasteiger partial charge in [-0.15, -0.1) is 0 Å². The van der Waals surface area contributed by atoms with E-state index in [9.17, 15) is 0 Å². The van der Waals surface area contributed by atoms with Crippen LogP contribution in [0, 0.1) is 5.92 Å². The minimum atomic E-state index is 0.326. The van der Waals surface area contributed by atoms with E-state index in [1.54, 1.807) is 0 Å². The van der Waals surface area contributed by atoms with Crippen molar-refractivity contribution in [3.63, 3.8) is 0 Å². The molecule has 2 heteroatoms. The molecule has 0 bridgehead atoms. The van der Waals surface area contributed by atoms with Crippen LogP contribution in [0.2, 0.25) is 0 Å². The third-order valence-electron chi connectivity index (χ3n) is 2.69. The number of hydrogen-bond donors (Lipinski definition) is 2. The lowest BCUT2D eigenvalue weighted by Crippen LogP contribution is -2.44. The van der Waals surface area contributed by atoms with Crippen molar-refractivity contribution in [3.05, 3.63) is 0 Å². The maximum Gasteiger partial charge on any atom is 0.0431 e. The van der Waals surface area contributed by atoms with Gasteiger partial charge in [-0.25, -0.2) is 0 Å². The van der Waals surface area contributed by atoms with E-state index in [1.807, 2.05) is 0 Å². The predicted molar refractivity (Wildman–Crippen MR) is 51.1 cm³/mol. The monoisotopic (exact) mass is 171 g/mol. The Kier molecular flexibility index (Phi) is 4.02. The van der Waals surface area contributed by atoms with Crippen LogP contribution in [0.25, 0.3) is 0 Å². The summed E-state index contributed by atoms with van der Waals surface area (Å²) in [5.74, 6) is 0.924. The largest absolute Gasteiger partial charge is 0.396 e. The molecule has 0 spiro atoms. The molecule has 0 heterocycles. The molecule has 0 amide bonds. The van der Waals surface area contributed by atoms with Gasteiger partial charge in [0.05, 0.1) is 0 Å². The molecular weight excluding hydrogens is 150 g/mol. The van der Waals surface area contributed by atoms with Crippen molar-refractivity contribution in [3.8, 4) is 0 Å². The fourth-order valence-corrected chi connectivity index (χ4v) is 1.92. The van der Waals surface area contributed by atoms with E-state index in [-0.39, 0.29) is 0 Å². The summed E-state index contributed by atoms with van der Waals surface area (Å²) in [6, 6.07) is 1.34. The highest BCUT2D eigenvalue weighted by atomic mass is 16.2. The molecule has 0 aromatic heterocycles. The van der Waals surface area contributed by atoms with E-state index in [1.165, 1.54) is 12.8 Å². The van der Waals surface area contributed by atoms with E-state index in [0.717, 1.165) is 24.8 Å². The average molecular weight is 171 g/mol. The van der Waals surface area contributed by atoms with Crippen molar-refractivity contribution in [2.75, 3.05) is 6.61 Å². The Morgan fingerprint density at radius 1 is 1.50 bits per heavy atom. The summed E-state index contributed by atoms with van der Waals surface area (Å²) < 4.78 is 0. The zero-order valence-electron chi connectivity index (χ0n) is 8.21. The van der Waals surface area contributed by atoms with E-state index in [0.29, 0.717) is 12.6 Å². The van der Waals surface area contributed by atoms with Crippen LogP contribution in [0.4, 0.5) is 0 Å². The van der Waals surface area contributed by atoms with Gasteiger partial charge in [0, 0.05) is 18.7 Å². The maximum atomic E-state index is 8.63. The van der Waals surface area contributed by atoms with Gasteiger partial charge in [-0.05, 0) is 38.5 Å². The van der Waals surface area contributed by atoms with Gasteiger partial charge in [0.15, 0.2) is 0 Å². The molecule has 0 aromatic rings. The van der Waals surface area contributed by atoms with E-state index >= 15 is 0 Å². The molecule has 0 radical (unpaired) electrons. The van der Waals surface area contributed by atoms with Crippen LogP contribution in [0.15, 0.2) is 0 Å². The Morgan fingerprint density at radius 2 is 2.17 bits per heavy atom. The number of aliphatic hydroxyl groups excluding tert-OH is 1. The van der Waals surface area contributed by atoms with Gasteiger partial charge >= 0.3 is 0 Å². The second-order valence-corrected chi connectivity index (χ2v) is 4.21. The molecule has 1 saturated carbocycles. The molecule has 1 aliphatic rings. The standard InChI is InChI=1S/C10H21NO/c1-8-6-10(7-8)11-9(2)4-3-5-12/h8-12H,3-7H2,1-2H3. The number of aliphatic hydroxyl groups is 1. The first kappa shape index (κ1) is 10.0. The summed E-state index contributed by atoms with van der Waals surface area (Å²) >= 11 is 0. The lowest BCUT2D eigenvalue weighted by atomic mass is 9.81. The molecule has 1 aliphatic carbocycles. The van der Waals surface area contributed by atoms with Gasteiger partial charge in [0.1, 0.15) is 0 Å². The highest BCUT2D eigenvalue weighted by molar-refractivity contribution is 4.83. The number of rotatable bonds is 5. The Hall–Kier alpha value is -0.0800. The van der Waals surface area contributed by atoms with Crippen molar-refractivity contribution in [2.24, 2.45) is 5.92 Å². The van der Waals surface area contributed by atoms with Crippen LogP contribution in [-0.2, 0) is 0 Å². The van der Waals surface area contributed by atoms with Crippen LogP contribution in [-0.4, -0.2) is 23.8 Å². The molecule has 72 valence electrons. The van der Waals surface area contributed by atoms with Gasteiger partial charge in [-0.3, -0.25) is 0 Å². The first-order chi connectivity index (χ1) is 5.72. The normalized spacial score (nSPS) is 31.2. The minimum absolute atomic E-state index is 0.326. The molecule has 0 saturated heterocycles. The van der Waals surface area contributed by atoms with Gasteiger partial charge in [0.2, 0.25) is 0 Å². The van der Waals surface area contributed by atoms with Gasteiger partial charge in [0.25, 0.3) is 0 Å². The number of nitrogens with one attached hydrogen (secondary N) is 1. The van der Waals surface area contributed by atoms with Crippen molar-refractivity contribution < 1.29 is 5.11 Å². The van der Waals surface area contributed by atoms with Crippen LogP contribution in [0.3, 0.4) is 0 Å². The van der Waals surface area contributed by atoms with E-state index in [2.05, 4.69) is 19.2 Å². The Morgan fingerprint density at radius 3 is 2.67 bits per heavy atom. The Balaban J connectivity index is 1.98. The summed E-state index contributed by atoms with van der Waals surface area (Å²) in [6.07, 6.45) is 4.70. The first-order valence-electron chi connectivity index (χ1n) is 5.09. The first-order valence-corrected chi connectivity index (χ1v) is 5.09. The second kappa shape index (κ2) is 4.83. The topological polar surface area (TPSA) is 32.3 Å². The van der Waals surface area contributed by atoms with Crippen molar-refractivity contribution in [1.82, 2.24) is 5.32 Å². The summed E-state index contributed by atoms with van der Waals surface area (Å²) in [4.78, 5) is 0. The Bertz CT molecular complexity index is 121. The minimum Gasteiger partial charge on any atom is -0.396 e. The molecule has 2 nitrogen and oxygen atoms in total. The van der Waals surface area contributed by atoms with Crippen LogP contribution in [0.5, 0.6) is 0 Å². The molecular formula is C10H21NO. The molecule has 1 fully saturated rings. The summed E-state index contributed by atoms with van der Waals surface area (Å²) in [5.41, 5.74) is 0. The van der Waals surface area contributed by atoms with Gasteiger partial charge in [-0.2, -0.15) is 0 Å². The maximum absolute atomic E-state index is 8.63. The Labute approximate surface area is 75.4 Å². The van der Waals surface area contributed by atoms with Gasteiger partial charge < -0.3 is 10.4 Å². The lowest BCUT2D eigenvalue weighted by molar-refractivity contribution is 0.214. The van der Waals surface area contributed by atoms with Gasteiger partial charge in [-0.1, -0.05) is 6.92 Å². The molecule has 12 heavy (non-hydrogen) atoms. The second-order valence-electron chi connectivity index (χ2n) is 4.21. The third kappa shape index (κ3) is 3.11. The SMILES string of the molecule is CC1CC(NC(C)CCCO)C1. The fraction of sp³-hybridized carbons (Fsp3) is 1.00. The fourth-order valence-electron chi connectivity index (χ4n) is 1.92. The van der Waals surface area contributed by atoms with Crippen LogP contribution >= 0.6 is 0 Å². The summed E-state index contributed by atoms with van der Waals surface area (Å²) in [7, 11) is 0. The molecule has 0 aliphatic heterocycles.